The summed E-state index contributed by atoms with van der Waals surface area (Å²) in [6, 6.07) is 1.14. The van der Waals surface area contributed by atoms with Gasteiger partial charge in [0.15, 0.2) is 0 Å². The van der Waals surface area contributed by atoms with Crippen molar-refractivity contribution in [1.82, 2.24) is 5.32 Å². The highest BCUT2D eigenvalue weighted by molar-refractivity contribution is 5.35. The topological polar surface area (TPSA) is 12.0 Å². The maximum absolute atomic E-state index is 12.7. The van der Waals surface area contributed by atoms with Crippen LogP contribution in [0.4, 0.5) is 26.3 Å². The number of hydrogen-bond acceptors (Lipinski definition) is 1. The van der Waals surface area contributed by atoms with Crippen LogP contribution >= 0.6 is 0 Å². The fourth-order valence-corrected chi connectivity index (χ4v) is 1.92. The summed E-state index contributed by atoms with van der Waals surface area (Å²) < 4.78 is 76.2. The predicted molar refractivity (Wildman–Crippen MR) is 63.2 cm³/mol. The third-order valence-electron chi connectivity index (χ3n) is 2.87. The Bertz CT molecular complexity index is 417. The lowest BCUT2D eigenvalue weighted by Crippen LogP contribution is -2.22. The minimum absolute atomic E-state index is 0.00324. The van der Waals surface area contributed by atoms with Gasteiger partial charge in [-0.2, -0.15) is 26.3 Å². The number of hydrogen-bond donors (Lipinski definition) is 1. The van der Waals surface area contributed by atoms with Crippen molar-refractivity contribution in [3.8, 4) is 0 Å². The number of rotatable bonds is 4. The number of benzene rings is 1. The molecule has 0 radical (unpaired) electrons. The van der Waals surface area contributed by atoms with E-state index >= 15 is 0 Å². The van der Waals surface area contributed by atoms with Crippen molar-refractivity contribution in [2.75, 3.05) is 6.54 Å². The molecule has 0 amide bonds. The summed E-state index contributed by atoms with van der Waals surface area (Å²) in [5.74, 6) is 0. The molecule has 0 spiro atoms. The van der Waals surface area contributed by atoms with Crippen molar-refractivity contribution in [2.45, 2.75) is 38.7 Å². The highest BCUT2D eigenvalue weighted by Crippen LogP contribution is 2.37. The van der Waals surface area contributed by atoms with Crippen LogP contribution in [0.3, 0.4) is 0 Å². The lowest BCUT2D eigenvalue weighted by Gasteiger charge is -2.20. The number of alkyl halides is 6. The Morgan fingerprint density at radius 2 is 1.35 bits per heavy atom. The van der Waals surface area contributed by atoms with Crippen LogP contribution in [0.5, 0.6) is 0 Å². The van der Waals surface area contributed by atoms with E-state index in [1.54, 1.807) is 13.8 Å². The molecule has 0 aliphatic heterocycles. The van der Waals surface area contributed by atoms with E-state index in [2.05, 4.69) is 5.32 Å². The lowest BCUT2D eigenvalue weighted by atomic mass is 9.98. The van der Waals surface area contributed by atoms with Crippen LogP contribution in [0, 0.1) is 0 Å². The first-order valence-corrected chi connectivity index (χ1v) is 6.12. The van der Waals surface area contributed by atoms with Crippen molar-refractivity contribution in [1.29, 1.82) is 0 Å². The second-order valence-corrected chi connectivity index (χ2v) is 4.36. The molecule has 0 saturated carbocycles. The van der Waals surface area contributed by atoms with Crippen molar-refractivity contribution in [2.24, 2.45) is 0 Å². The molecule has 0 saturated heterocycles. The zero-order chi connectivity index (χ0) is 15.6. The molecule has 1 nitrogen and oxygen atoms in total. The van der Waals surface area contributed by atoms with E-state index in [4.69, 9.17) is 0 Å². The van der Waals surface area contributed by atoms with Gasteiger partial charge in [0.1, 0.15) is 0 Å². The average Bonchev–Trinajstić information content (AvgIpc) is 2.33. The molecular weight excluding hydrogens is 284 g/mol. The van der Waals surface area contributed by atoms with Gasteiger partial charge in [-0.3, -0.25) is 0 Å². The van der Waals surface area contributed by atoms with E-state index in [0.29, 0.717) is 13.0 Å². The summed E-state index contributed by atoms with van der Waals surface area (Å²) >= 11 is 0. The van der Waals surface area contributed by atoms with E-state index in [0.717, 1.165) is 12.1 Å². The van der Waals surface area contributed by atoms with Crippen molar-refractivity contribution < 1.29 is 26.3 Å². The van der Waals surface area contributed by atoms with Gasteiger partial charge < -0.3 is 5.32 Å². The van der Waals surface area contributed by atoms with Gasteiger partial charge in [0.25, 0.3) is 0 Å². The zero-order valence-corrected chi connectivity index (χ0v) is 11.0. The molecule has 20 heavy (non-hydrogen) atoms. The SMILES string of the molecule is CCN[C@@H](CC)c1cc(C(F)(F)F)cc(C(F)(F)F)c1. The second-order valence-electron chi connectivity index (χ2n) is 4.36. The summed E-state index contributed by atoms with van der Waals surface area (Å²) in [5, 5.41) is 2.87. The number of nitrogens with one attached hydrogen (secondary N) is 1. The molecular formula is C13H15F6N. The predicted octanol–water partition coefficient (Wildman–Crippen LogP) is 4.78. The Balaban J connectivity index is 3.37. The van der Waals surface area contributed by atoms with Crippen LogP contribution in [0.2, 0.25) is 0 Å². The van der Waals surface area contributed by atoms with E-state index in [1.807, 2.05) is 0 Å². The second kappa shape index (κ2) is 6.03. The highest BCUT2D eigenvalue weighted by atomic mass is 19.4. The van der Waals surface area contributed by atoms with Crippen molar-refractivity contribution >= 4 is 0 Å². The van der Waals surface area contributed by atoms with Crippen LogP contribution in [-0.2, 0) is 12.4 Å². The van der Waals surface area contributed by atoms with Gasteiger partial charge in [-0.15, -0.1) is 0 Å². The third kappa shape index (κ3) is 4.13. The van der Waals surface area contributed by atoms with Crippen molar-refractivity contribution in [3.63, 3.8) is 0 Å². The first kappa shape index (κ1) is 16.8. The van der Waals surface area contributed by atoms with E-state index in [9.17, 15) is 26.3 Å². The Hall–Kier alpha value is -1.24. The molecule has 1 N–H and O–H groups in total. The standard InChI is InChI=1S/C13H15F6N/c1-3-11(20-4-2)8-5-9(12(14,15)16)7-10(6-8)13(17,18)19/h5-7,11,20H,3-4H2,1-2H3/t11-/m0/s1. The van der Waals surface area contributed by atoms with Crippen LogP contribution in [-0.4, -0.2) is 6.54 Å². The maximum atomic E-state index is 12.7. The summed E-state index contributed by atoms with van der Waals surface area (Å²) in [6.45, 7) is 3.89. The van der Waals surface area contributed by atoms with E-state index in [-0.39, 0.29) is 11.6 Å². The zero-order valence-electron chi connectivity index (χ0n) is 11.0. The fraction of sp³-hybridized carbons (Fsp3) is 0.538. The smallest absolute Gasteiger partial charge is 0.310 e. The van der Waals surface area contributed by atoms with Gasteiger partial charge in [-0.1, -0.05) is 13.8 Å². The molecule has 0 unspecified atom stereocenters. The van der Waals surface area contributed by atoms with Crippen LogP contribution in [0.15, 0.2) is 18.2 Å². The van der Waals surface area contributed by atoms with Gasteiger partial charge in [-0.25, -0.2) is 0 Å². The molecule has 1 rings (SSSR count). The highest BCUT2D eigenvalue weighted by Gasteiger charge is 2.37. The van der Waals surface area contributed by atoms with Crippen LogP contribution in [0.25, 0.3) is 0 Å². The molecule has 1 aromatic carbocycles. The fourth-order valence-electron chi connectivity index (χ4n) is 1.92. The molecule has 0 aromatic heterocycles. The molecule has 0 aliphatic carbocycles. The molecule has 0 bridgehead atoms. The Kier molecular flexibility index (Phi) is 5.07. The van der Waals surface area contributed by atoms with Gasteiger partial charge >= 0.3 is 12.4 Å². The van der Waals surface area contributed by atoms with Crippen molar-refractivity contribution in [3.05, 3.63) is 34.9 Å². The van der Waals surface area contributed by atoms with Gasteiger partial charge in [0.05, 0.1) is 11.1 Å². The molecule has 114 valence electrons. The Morgan fingerprint density at radius 3 is 1.65 bits per heavy atom. The maximum Gasteiger partial charge on any atom is 0.416 e. The lowest BCUT2D eigenvalue weighted by molar-refractivity contribution is -0.143. The minimum Gasteiger partial charge on any atom is -0.310 e. The molecule has 7 heteroatoms. The molecule has 1 atom stereocenters. The van der Waals surface area contributed by atoms with E-state index in [1.165, 1.54) is 0 Å². The largest absolute Gasteiger partial charge is 0.416 e. The first-order chi connectivity index (χ1) is 9.09. The molecule has 0 heterocycles. The van der Waals surface area contributed by atoms with Crippen LogP contribution in [0.1, 0.15) is 43.0 Å². The minimum atomic E-state index is -4.81. The summed E-state index contributed by atoms with van der Waals surface area (Å²) in [6.07, 6.45) is -9.21. The van der Waals surface area contributed by atoms with Gasteiger partial charge in [0, 0.05) is 6.04 Å². The Labute approximate surface area is 113 Å². The summed E-state index contributed by atoms with van der Waals surface area (Å²) in [5.41, 5.74) is -2.56. The normalized spacial score (nSPS) is 14.4. The third-order valence-corrected chi connectivity index (χ3v) is 2.87. The molecule has 0 fully saturated rings. The van der Waals surface area contributed by atoms with Crippen LogP contribution < -0.4 is 5.32 Å². The first-order valence-electron chi connectivity index (χ1n) is 6.12. The Morgan fingerprint density at radius 1 is 0.900 bits per heavy atom. The average molecular weight is 299 g/mol. The quantitative estimate of drug-likeness (QED) is 0.789. The summed E-state index contributed by atoms with van der Waals surface area (Å²) in [4.78, 5) is 0. The van der Waals surface area contributed by atoms with Gasteiger partial charge in [-0.05, 0) is 36.7 Å². The monoisotopic (exact) mass is 299 g/mol. The van der Waals surface area contributed by atoms with Gasteiger partial charge in [0.2, 0.25) is 0 Å². The summed E-state index contributed by atoms with van der Waals surface area (Å²) in [7, 11) is 0. The van der Waals surface area contributed by atoms with E-state index < -0.39 is 29.5 Å². The number of halogens is 6. The molecule has 1 aromatic rings. The molecule has 0 aliphatic rings.